The standard InChI is InChI=1S/C9H18N2O/c1-2-9(7-10-8-9)11-3-5-12-6-4-11/h10H,2-8H2,1H3. The van der Waals surface area contributed by atoms with Gasteiger partial charge >= 0.3 is 0 Å². The van der Waals surface area contributed by atoms with Crippen molar-refractivity contribution < 1.29 is 4.74 Å². The fourth-order valence-electron chi connectivity index (χ4n) is 2.15. The third kappa shape index (κ3) is 1.26. The summed E-state index contributed by atoms with van der Waals surface area (Å²) in [6.07, 6.45) is 1.26. The van der Waals surface area contributed by atoms with Crippen molar-refractivity contribution in [1.29, 1.82) is 0 Å². The molecule has 2 rings (SSSR count). The van der Waals surface area contributed by atoms with E-state index < -0.39 is 0 Å². The van der Waals surface area contributed by atoms with Crippen LogP contribution >= 0.6 is 0 Å². The molecule has 0 aromatic carbocycles. The molecule has 0 aromatic heterocycles. The molecule has 2 fully saturated rings. The van der Waals surface area contributed by atoms with Crippen molar-refractivity contribution in [3.8, 4) is 0 Å². The fraction of sp³-hybridized carbons (Fsp3) is 1.00. The Hall–Kier alpha value is -0.120. The van der Waals surface area contributed by atoms with E-state index in [1.807, 2.05) is 0 Å². The minimum atomic E-state index is 0.476. The molecule has 3 heteroatoms. The van der Waals surface area contributed by atoms with E-state index in [0.29, 0.717) is 5.54 Å². The van der Waals surface area contributed by atoms with Crippen LogP contribution in [-0.2, 0) is 4.74 Å². The molecule has 2 aliphatic rings. The first-order valence-electron chi connectivity index (χ1n) is 4.91. The Morgan fingerprint density at radius 1 is 1.33 bits per heavy atom. The maximum absolute atomic E-state index is 5.35. The number of ether oxygens (including phenoxy) is 1. The van der Waals surface area contributed by atoms with Gasteiger partial charge in [0.15, 0.2) is 0 Å². The lowest BCUT2D eigenvalue weighted by atomic mass is 9.87. The van der Waals surface area contributed by atoms with Crippen LogP contribution in [0.1, 0.15) is 13.3 Å². The smallest absolute Gasteiger partial charge is 0.0594 e. The third-order valence-corrected chi connectivity index (χ3v) is 3.25. The molecular formula is C9H18N2O. The Kier molecular flexibility index (Phi) is 2.35. The van der Waals surface area contributed by atoms with Gasteiger partial charge in [-0.1, -0.05) is 6.92 Å². The number of nitrogens with one attached hydrogen (secondary N) is 1. The Balaban J connectivity index is 1.95. The summed E-state index contributed by atoms with van der Waals surface area (Å²) >= 11 is 0. The predicted octanol–water partition coefficient (Wildman–Crippen LogP) is 0.0706. The molecule has 2 heterocycles. The first-order chi connectivity index (χ1) is 5.87. The van der Waals surface area contributed by atoms with E-state index >= 15 is 0 Å². The van der Waals surface area contributed by atoms with Crippen LogP contribution in [0.25, 0.3) is 0 Å². The van der Waals surface area contributed by atoms with Crippen molar-refractivity contribution in [2.45, 2.75) is 18.9 Å². The molecule has 0 saturated carbocycles. The zero-order valence-corrected chi connectivity index (χ0v) is 7.81. The van der Waals surface area contributed by atoms with E-state index in [4.69, 9.17) is 4.74 Å². The zero-order chi connectivity index (χ0) is 8.44. The van der Waals surface area contributed by atoms with Gasteiger partial charge in [-0.05, 0) is 6.42 Å². The van der Waals surface area contributed by atoms with Crippen LogP contribution in [0.5, 0.6) is 0 Å². The van der Waals surface area contributed by atoms with E-state index in [9.17, 15) is 0 Å². The van der Waals surface area contributed by atoms with Crippen molar-refractivity contribution in [1.82, 2.24) is 10.2 Å². The van der Waals surface area contributed by atoms with Crippen molar-refractivity contribution in [2.75, 3.05) is 39.4 Å². The molecule has 0 bridgehead atoms. The molecule has 0 atom stereocenters. The summed E-state index contributed by atoms with van der Waals surface area (Å²) in [6.45, 7) is 8.71. The number of morpholine rings is 1. The monoisotopic (exact) mass is 170 g/mol. The molecule has 0 amide bonds. The lowest BCUT2D eigenvalue weighted by molar-refractivity contribution is -0.0454. The highest BCUT2D eigenvalue weighted by atomic mass is 16.5. The van der Waals surface area contributed by atoms with Gasteiger partial charge in [0.1, 0.15) is 0 Å². The molecule has 0 spiro atoms. The van der Waals surface area contributed by atoms with E-state index in [1.165, 1.54) is 19.5 Å². The van der Waals surface area contributed by atoms with Crippen LogP contribution in [0.15, 0.2) is 0 Å². The zero-order valence-electron chi connectivity index (χ0n) is 7.81. The predicted molar refractivity (Wildman–Crippen MR) is 48.3 cm³/mol. The summed E-state index contributed by atoms with van der Waals surface area (Å²) in [5.74, 6) is 0. The van der Waals surface area contributed by atoms with Gasteiger partial charge in [-0.2, -0.15) is 0 Å². The second-order valence-electron chi connectivity index (χ2n) is 3.78. The number of hydrogen-bond acceptors (Lipinski definition) is 3. The minimum Gasteiger partial charge on any atom is -0.379 e. The molecule has 1 N–H and O–H groups in total. The maximum Gasteiger partial charge on any atom is 0.0594 e. The quantitative estimate of drug-likeness (QED) is 0.635. The minimum absolute atomic E-state index is 0.476. The summed E-state index contributed by atoms with van der Waals surface area (Å²) in [7, 11) is 0. The topological polar surface area (TPSA) is 24.5 Å². The number of rotatable bonds is 2. The van der Waals surface area contributed by atoms with Crippen LogP contribution < -0.4 is 5.32 Å². The molecule has 2 saturated heterocycles. The Morgan fingerprint density at radius 3 is 2.42 bits per heavy atom. The molecule has 0 aromatic rings. The van der Waals surface area contributed by atoms with Gasteiger partial charge in [0.25, 0.3) is 0 Å². The number of hydrogen-bond donors (Lipinski definition) is 1. The summed E-state index contributed by atoms with van der Waals surface area (Å²) in [5.41, 5.74) is 0.476. The van der Waals surface area contributed by atoms with Crippen LogP contribution in [-0.4, -0.2) is 49.8 Å². The lowest BCUT2D eigenvalue weighted by Gasteiger charge is -2.51. The van der Waals surface area contributed by atoms with Crippen LogP contribution in [0.4, 0.5) is 0 Å². The molecule has 2 aliphatic heterocycles. The van der Waals surface area contributed by atoms with Crippen molar-refractivity contribution in [3.05, 3.63) is 0 Å². The van der Waals surface area contributed by atoms with Gasteiger partial charge in [-0.3, -0.25) is 4.90 Å². The van der Waals surface area contributed by atoms with Crippen molar-refractivity contribution >= 4 is 0 Å². The summed E-state index contributed by atoms with van der Waals surface area (Å²) in [6, 6.07) is 0. The van der Waals surface area contributed by atoms with E-state index in [1.54, 1.807) is 0 Å². The SMILES string of the molecule is CCC1(N2CCOCC2)CNC1. The van der Waals surface area contributed by atoms with E-state index in [-0.39, 0.29) is 0 Å². The highest BCUT2D eigenvalue weighted by Gasteiger charge is 2.40. The molecule has 12 heavy (non-hydrogen) atoms. The van der Waals surface area contributed by atoms with Crippen LogP contribution in [0.2, 0.25) is 0 Å². The van der Waals surface area contributed by atoms with Gasteiger partial charge in [0.05, 0.1) is 13.2 Å². The van der Waals surface area contributed by atoms with Crippen LogP contribution in [0.3, 0.4) is 0 Å². The van der Waals surface area contributed by atoms with Gasteiger partial charge in [0.2, 0.25) is 0 Å². The normalized spacial score (nSPS) is 29.8. The van der Waals surface area contributed by atoms with Crippen molar-refractivity contribution in [3.63, 3.8) is 0 Å². The summed E-state index contributed by atoms with van der Waals surface area (Å²) in [5, 5.41) is 3.37. The maximum atomic E-state index is 5.35. The first kappa shape index (κ1) is 8.48. The first-order valence-corrected chi connectivity index (χ1v) is 4.91. The second-order valence-corrected chi connectivity index (χ2v) is 3.78. The molecule has 0 aliphatic carbocycles. The Bertz CT molecular complexity index is 145. The number of nitrogens with zero attached hydrogens (tertiary/aromatic N) is 1. The summed E-state index contributed by atoms with van der Waals surface area (Å²) in [4.78, 5) is 2.59. The highest BCUT2D eigenvalue weighted by molar-refractivity contribution is 5.01. The summed E-state index contributed by atoms with van der Waals surface area (Å²) < 4.78 is 5.35. The molecular weight excluding hydrogens is 152 g/mol. The van der Waals surface area contributed by atoms with Crippen LogP contribution in [0, 0.1) is 0 Å². The van der Waals surface area contributed by atoms with E-state index in [0.717, 1.165) is 26.3 Å². The van der Waals surface area contributed by atoms with Gasteiger partial charge in [0, 0.05) is 31.7 Å². The fourth-order valence-corrected chi connectivity index (χ4v) is 2.15. The molecule has 3 nitrogen and oxygen atoms in total. The average molecular weight is 170 g/mol. The molecule has 0 unspecified atom stereocenters. The third-order valence-electron chi connectivity index (χ3n) is 3.25. The van der Waals surface area contributed by atoms with Crippen molar-refractivity contribution in [2.24, 2.45) is 0 Å². The lowest BCUT2D eigenvalue weighted by Crippen LogP contribution is -2.70. The molecule has 0 radical (unpaired) electrons. The van der Waals surface area contributed by atoms with Gasteiger partial charge in [-0.15, -0.1) is 0 Å². The van der Waals surface area contributed by atoms with E-state index in [2.05, 4.69) is 17.1 Å². The largest absolute Gasteiger partial charge is 0.379 e. The average Bonchev–Trinajstić information content (AvgIpc) is 2.05. The second kappa shape index (κ2) is 3.32. The van der Waals surface area contributed by atoms with Gasteiger partial charge in [-0.25, -0.2) is 0 Å². The highest BCUT2D eigenvalue weighted by Crippen LogP contribution is 2.24. The Morgan fingerprint density at radius 2 is 2.00 bits per heavy atom. The Labute approximate surface area is 74.1 Å². The van der Waals surface area contributed by atoms with Gasteiger partial charge < -0.3 is 10.1 Å². The molecule has 70 valence electrons.